The summed E-state index contributed by atoms with van der Waals surface area (Å²) in [6.45, 7) is 0.0157. The molecule has 0 saturated carbocycles. The molecule has 1 unspecified atom stereocenters. The van der Waals surface area contributed by atoms with Gasteiger partial charge in [-0.1, -0.05) is 30.3 Å². The highest BCUT2D eigenvalue weighted by atomic mass is 16.6. The largest absolute Gasteiger partial charge is 0.394 e. The van der Waals surface area contributed by atoms with Gasteiger partial charge in [0.15, 0.2) is 0 Å². The number of rotatable bonds is 3. The lowest BCUT2D eigenvalue weighted by Crippen LogP contribution is -2.26. The molecule has 0 bridgehead atoms. The van der Waals surface area contributed by atoms with Crippen molar-refractivity contribution in [3.63, 3.8) is 0 Å². The first-order valence-corrected chi connectivity index (χ1v) is 5.19. The quantitative estimate of drug-likeness (QED) is 0.818. The minimum absolute atomic E-state index is 0.000191. The van der Waals surface area contributed by atoms with Crippen molar-refractivity contribution in [1.29, 1.82) is 0 Å². The summed E-state index contributed by atoms with van der Waals surface area (Å²) in [6.07, 6.45) is 0.667. The fourth-order valence-electron chi connectivity index (χ4n) is 2.01. The van der Waals surface area contributed by atoms with Crippen LogP contribution in [-0.2, 0) is 9.47 Å². The van der Waals surface area contributed by atoms with E-state index in [1.807, 2.05) is 30.3 Å². The zero-order chi connectivity index (χ0) is 10.7. The Morgan fingerprint density at radius 1 is 1.40 bits per heavy atom. The summed E-state index contributed by atoms with van der Waals surface area (Å²) in [6, 6.07) is 10.0. The Morgan fingerprint density at radius 2 is 2.13 bits per heavy atom. The second-order valence-corrected chi connectivity index (χ2v) is 3.77. The number of benzene rings is 1. The number of hydrogen-bond acceptors (Lipinski definition) is 3. The summed E-state index contributed by atoms with van der Waals surface area (Å²) in [4.78, 5) is 0. The third kappa shape index (κ3) is 2.20. The molecule has 15 heavy (non-hydrogen) atoms. The molecule has 1 aromatic carbocycles. The van der Waals surface area contributed by atoms with Crippen molar-refractivity contribution >= 4 is 0 Å². The van der Waals surface area contributed by atoms with E-state index in [1.165, 1.54) is 0 Å². The molecule has 0 amide bonds. The van der Waals surface area contributed by atoms with Gasteiger partial charge >= 0.3 is 0 Å². The molecular weight excluding hydrogens is 192 g/mol. The van der Waals surface area contributed by atoms with E-state index in [-0.39, 0.29) is 24.9 Å². The van der Waals surface area contributed by atoms with Gasteiger partial charge in [-0.05, 0) is 5.56 Å². The molecule has 0 aliphatic carbocycles. The van der Waals surface area contributed by atoms with Crippen molar-refractivity contribution in [3.8, 4) is 0 Å². The maximum absolute atomic E-state index is 9.13. The molecule has 3 nitrogen and oxygen atoms in total. The second-order valence-electron chi connectivity index (χ2n) is 3.77. The van der Waals surface area contributed by atoms with Crippen LogP contribution >= 0.6 is 0 Å². The predicted molar refractivity (Wildman–Crippen MR) is 56.6 cm³/mol. The van der Waals surface area contributed by atoms with E-state index in [4.69, 9.17) is 14.6 Å². The molecule has 1 saturated heterocycles. The topological polar surface area (TPSA) is 38.7 Å². The maximum atomic E-state index is 9.13. The summed E-state index contributed by atoms with van der Waals surface area (Å²) in [5, 5.41) is 9.13. The number of methoxy groups -OCH3 is 1. The molecule has 3 atom stereocenters. The molecule has 1 fully saturated rings. The van der Waals surface area contributed by atoms with Gasteiger partial charge in [0.25, 0.3) is 0 Å². The van der Waals surface area contributed by atoms with Crippen LogP contribution in [0.3, 0.4) is 0 Å². The average Bonchev–Trinajstić information content (AvgIpc) is 2.73. The van der Waals surface area contributed by atoms with Gasteiger partial charge in [-0.25, -0.2) is 0 Å². The van der Waals surface area contributed by atoms with Gasteiger partial charge < -0.3 is 14.6 Å². The van der Waals surface area contributed by atoms with Crippen LogP contribution in [0.4, 0.5) is 0 Å². The van der Waals surface area contributed by atoms with Crippen molar-refractivity contribution < 1.29 is 14.6 Å². The van der Waals surface area contributed by atoms with Crippen LogP contribution in [0.1, 0.15) is 18.1 Å². The third-order valence-electron chi connectivity index (χ3n) is 2.85. The first-order chi connectivity index (χ1) is 7.35. The van der Waals surface area contributed by atoms with Crippen molar-refractivity contribution in [1.82, 2.24) is 0 Å². The molecule has 1 heterocycles. The predicted octanol–water partition coefficient (Wildman–Crippen LogP) is 1.52. The number of aliphatic hydroxyl groups excluding tert-OH is 1. The number of ether oxygens (including phenoxy) is 2. The van der Waals surface area contributed by atoms with E-state index in [1.54, 1.807) is 7.11 Å². The summed E-state index contributed by atoms with van der Waals surface area (Å²) in [5.74, 6) is 0. The summed E-state index contributed by atoms with van der Waals surface area (Å²) >= 11 is 0. The molecule has 0 radical (unpaired) electrons. The molecular formula is C12H16O3. The normalized spacial score (nSPS) is 30.7. The lowest BCUT2D eigenvalue weighted by Gasteiger charge is -2.13. The van der Waals surface area contributed by atoms with Crippen LogP contribution in [0.2, 0.25) is 0 Å². The maximum Gasteiger partial charge on any atom is 0.108 e. The molecule has 0 aromatic heterocycles. The van der Waals surface area contributed by atoms with E-state index in [0.717, 1.165) is 12.0 Å². The highest BCUT2D eigenvalue weighted by molar-refractivity contribution is 5.18. The first kappa shape index (κ1) is 10.6. The third-order valence-corrected chi connectivity index (χ3v) is 2.85. The van der Waals surface area contributed by atoms with Gasteiger partial charge in [-0.2, -0.15) is 0 Å². The Kier molecular flexibility index (Phi) is 3.36. The Morgan fingerprint density at radius 3 is 2.67 bits per heavy atom. The Hall–Kier alpha value is -0.900. The number of aliphatic hydroxyl groups is 1. The number of hydrogen-bond donors (Lipinski definition) is 1. The average molecular weight is 208 g/mol. The molecule has 2 rings (SSSR count). The molecule has 1 aromatic rings. The van der Waals surface area contributed by atoms with Gasteiger partial charge in [-0.15, -0.1) is 0 Å². The summed E-state index contributed by atoms with van der Waals surface area (Å²) in [5.41, 5.74) is 1.15. The van der Waals surface area contributed by atoms with Gasteiger partial charge in [0.05, 0.1) is 18.8 Å². The lowest BCUT2D eigenvalue weighted by molar-refractivity contribution is -0.0345. The second kappa shape index (κ2) is 4.75. The highest BCUT2D eigenvalue weighted by Gasteiger charge is 2.35. The van der Waals surface area contributed by atoms with Crippen molar-refractivity contribution in [2.24, 2.45) is 0 Å². The lowest BCUT2D eigenvalue weighted by atomic mass is 10.0. The van der Waals surface area contributed by atoms with E-state index in [0.29, 0.717) is 0 Å². The molecule has 1 aliphatic heterocycles. The highest BCUT2D eigenvalue weighted by Crippen LogP contribution is 2.33. The van der Waals surface area contributed by atoms with Crippen LogP contribution in [0.25, 0.3) is 0 Å². The van der Waals surface area contributed by atoms with Gasteiger partial charge in [0, 0.05) is 13.5 Å². The SMILES string of the molecule is CO[C@H]1CC(c2ccccc2)O[C@@H]1CO. The van der Waals surface area contributed by atoms with Gasteiger partial charge in [0.1, 0.15) is 6.10 Å². The Labute approximate surface area is 89.6 Å². The first-order valence-electron chi connectivity index (χ1n) is 5.19. The minimum atomic E-state index is -0.194. The Bertz CT molecular complexity index is 287. The fraction of sp³-hybridized carbons (Fsp3) is 0.500. The molecule has 3 heteroatoms. The molecule has 0 spiro atoms. The van der Waals surface area contributed by atoms with E-state index in [2.05, 4.69) is 0 Å². The molecule has 1 aliphatic rings. The van der Waals surface area contributed by atoms with Crippen LogP contribution < -0.4 is 0 Å². The molecule has 1 N–H and O–H groups in total. The minimum Gasteiger partial charge on any atom is -0.394 e. The van der Waals surface area contributed by atoms with Crippen LogP contribution in [0, 0.1) is 0 Å². The van der Waals surface area contributed by atoms with Crippen LogP contribution in [0.15, 0.2) is 30.3 Å². The van der Waals surface area contributed by atoms with Crippen LogP contribution in [0.5, 0.6) is 0 Å². The zero-order valence-electron chi connectivity index (χ0n) is 8.80. The van der Waals surface area contributed by atoms with E-state index < -0.39 is 0 Å². The summed E-state index contributed by atoms with van der Waals surface area (Å²) in [7, 11) is 1.66. The van der Waals surface area contributed by atoms with E-state index >= 15 is 0 Å². The zero-order valence-corrected chi connectivity index (χ0v) is 8.80. The van der Waals surface area contributed by atoms with E-state index in [9.17, 15) is 0 Å². The monoisotopic (exact) mass is 208 g/mol. The van der Waals surface area contributed by atoms with Crippen molar-refractivity contribution in [3.05, 3.63) is 35.9 Å². The van der Waals surface area contributed by atoms with Gasteiger partial charge in [-0.3, -0.25) is 0 Å². The smallest absolute Gasteiger partial charge is 0.108 e. The summed E-state index contributed by atoms with van der Waals surface area (Å²) < 4.78 is 11.0. The standard InChI is InChI=1S/C12H16O3/c1-14-11-7-10(15-12(11)8-13)9-5-3-2-4-6-9/h2-6,10-13H,7-8H2,1H3/t10?,11-,12+/m0/s1. The van der Waals surface area contributed by atoms with Crippen molar-refractivity contribution in [2.45, 2.75) is 24.7 Å². The van der Waals surface area contributed by atoms with Gasteiger partial charge in [0.2, 0.25) is 0 Å². The van der Waals surface area contributed by atoms with Crippen molar-refractivity contribution in [2.75, 3.05) is 13.7 Å². The Balaban J connectivity index is 2.08. The molecule has 82 valence electrons. The fourth-order valence-corrected chi connectivity index (χ4v) is 2.01. The van der Waals surface area contributed by atoms with Crippen LogP contribution in [-0.4, -0.2) is 31.0 Å².